The minimum Gasteiger partial charge on any atom is -0.368 e. The molecule has 2 rings (SSSR count). The van der Waals surface area contributed by atoms with Crippen LogP contribution in [0.1, 0.15) is 16.7 Å². The van der Waals surface area contributed by atoms with Gasteiger partial charge in [-0.15, -0.1) is 0 Å². The average molecular weight is 385 g/mol. The van der Waals surface area contributed by atoms with E-state index >= 15 is 0 Å². The fourth-order valence-electron chi connectivity index (χ4n) is 2.37. The van der Waals surface area contributed by atoms with E-state index in [4.69, 9.17) is 17.3 Å². The number of benzene rings is 2. The van der Waals surface area contributed by atoms with Crippen LogP contribution in [-0.2, 0) is 28.6 Å². The predicted molar refractivity (Wildman–Crippen MR) is 91.4 cm³/mol. The van der Waals surface area contributed by atoms with Gasteiger partial charge in [0.2, 0.25) is 11.8 Å². The van der Waals surface area contributed by atoms with Crippen molar-refractivity contribution in [3.05, 3.63) is 70.2 Å². The third-order valence-electron chi connectivity index (χ3n) is 3.65. The van der Waals surface area contributed by atoms with Crippen molar-refractivity contribution in [2.75, 3.05) is 0 Å². The lowest BCUT2D eigenvalue weighted by Gasteiger charge is -2.16. The van der Waals surface area contributed by atoms with Crippen molar-refractivity contribution >= 4 is 23.4 Å². The van der Waals surface area contributed by atoms with Crippen molar-refractivity contribution in [2.24, 2.45) is 5.73 Å². The number of nitrogens with two attached hydrogens (primary N) is 1. The Balaban J connectivity index is 2.04. The molecule has 0 aliphatic rings. The van der Waals surface area contributed by atoms with Crippen LogP contribution in [0.15, 0.2) is 48.5 Å². The summed E-state index contributed by atoms with van der Waals surface area (Å²) >= 11 is 5.79. The molecule has 0 heterocycles. The molecule has 26 heavy (non-hydrogen) atoms. The lowest BCUT2D eigenvalue weighted by Crippen LogP contribution is -2.46. The molecular weight excluding hydrogens is 369 g/mol. The van der Waals surface area contributed by atoms with Crippen LogP contribution in [0.25, 0.3) is 0 Å². The Kier molecular flexibility index (Phi) is 6.26. The van der Waals surface area contributed by atoms with Crippen LogP contribution in [-0.4, -0.2) is 17.9 Å². The van der Waals surface area contributed by atoms with Crippen molar-refractivity contribution in [1.29, 1.82) is 0 Å². The first-order chi connectivity index (χ1) is 12.1. The molecule has 0 aliphatic carbocycles. The molecule has 0 aromatic heterocycles. The van der Waals surface area contributed by atoms with Gasteiger partial charge < -0.3 is 11.1 Å². The number of hydrogen-bond donors (Lipinski definition) is 2. The Morgan fingerprint density at radius 3 is 2.31 bits per heavy atom. The van der Waals surface area contributed by atoms with Gasteiger partial charge in [0.25, 0.3) is 0 Å². The highest BCUT2D eigenvalue weighted by Crippen LogP contribution is 2.29. The second-order valence-corrected chi connectivity index (χ2v) is 6.16. The highest BCUT2D eigenvalue weighted by molar-refractivity contribution is 6.30. The number of rotatable bonds is 6. The molecule has 0 aliphatic heterocycles. The number of carbonyl (C=O) groups excluding carboxylic acids is 2. The van der Waals surface area contributed by atoms with Gasteiger partial charge in [0.1, 0.15) is 6.04 Å². The van der Waals surface area contributed by atoms with Gasteiger partial charge in [-0.25, -0.2) is 0 Å². The van der Waals surface area contributed by atoms with Crippen molar-refractivity contribution in [1.82, 2.24) is 5.32 Å². The second-order valence-electron chi connectivity index (χ2n) is 5.73. The van der Waals surface area contributed by atoms with Crippen LogP contribution in [0.2, 0.25) is 5.02 Å². The topological polar surface area (TPSA) is 72.2 Å². The molecule has 0 radical (unpaired) electrons. The van der Waals surface area contributed by atoms with E-state index < -0.39 is 29.6 Å². The van der Waals surface area contributed by atoms with E-state index in [0.29, 0.717) is 5.02 Å². The number of halogens is 4. The van der Waals surface area contributed by atoms with E-state index in [0.717, 1.165) is 17.7 Å². The Hall–Kier alpha value is -2.54. The SMILES string of the molecule is NC(=O)[C@@H](Cc1ccc(Cl)cc1)NC(=O)Cc1cccc(C(F)(F)F)c1. The molecule has 4 nitrogen and oxygen atoms in total. The van der Waals surface area contributed by atoms with Crippen molar-refractivity contribution < 1.29 is 22.8 Å². The zero-order valence-corrected chi connectivity index (χ0v) is 14.3. The molecule has 0 fully saturated rings. The average Bonchev–Trinajstić information content (AvgIpc) is 2.55. The zero-order chi connectivity index (χ0) is 19.3. The summed E-state index contributed by atoms with van der Waals surface area (Å²) in [5, 5.41) is 2.98. The number of alkyl halides is 3. The molecule has 0 saturated carbocycles. The van der Waals surface area contributed by atoms with Gasteiger partial charge in [-0.2, -0.15) is 13.2 Å². The summed E-state index contributed by atoms with van der Waals surface area (Å²) in [5.41, 5.74) is 5.39. The van der Waals surface area contributed by atoms with E-state index in [1.54, 1.807) is 24.3 Å². The number of carbonyl (C=O) groups is 2. The van der Waals surface area contributed by atoms with Gasteiger partial charge in [-0.1, -0.05) is 41.9 Å². The molecule has 0 spiro atoms. The van der Waals surface area contributed by atoms with Crippen LogP contribution in [0.3, 0.4) is 0 Å². The summed E-state index contributed by atoms with van der Waals surface area (Å²) < 4.78 is 38.2. The van der Waals surface area contributed by atoms with Crippen molar-refractivity contribution in [3.8, 4) is 0 Å². The lowest BCUT2D eigenvalue weighted by molar-refractivity contribution is -0.137. The number of nitrogens with one attached hydrogen (secondary N) is 1. The van der Waals surface area contributed by atoms with E-state index in [2.05, 4.69) is 5.32 Å². The Morgan fingerprint density at radius 1 is 1.08 bits per heavy atom. The van der Waals surface area contributed by atoms with Crippen LogP contribution >= 0.6 is 11.6 Å². The van der Waals surface area contributed by atoms with E-state index in [1.165, 1.54) is 12.1 Å². The van der Waals surface area contributed by atoms with Crippen molar-refractivity contribution in [3.63, 3.8) is 0 Å². The Labute approximate surface area is 153 Å². The normalized spacial score (nSPS) is 12.5. The molecule has 138 valence electrons. The molecule has 2 aromatic rings. The molecule has 0 bridgehead atoms. The zero-order valence-electron chi connectivity index (χ0n) is 13.5. The molecule has 2 amide bonds. The van der Waals surface area contributed by atoms with Gasteiger partial charge in [0, 0.05) is 11.4 Å². The second kappa shape index (κ2) is 8.23. The maximum absolute atomic E-state index is 12.7. The standard InChI is InChI=1S/C18H16ClF3N2O2/c19-14-6-4-11(5-7-14)9-15(17(23)26)24-16(25)10-12-2-1-3-13(8-12)18(20,21)22/h1-8,15H,9-10H2,(H2,23,26)(H,24,25)/t15-/m1/s1. The molecule has 2 aromatic carbocycles. The largest absolute Gasteiger partial charge is 0.416 e. The maximum Gasteiger partial charge on any atom is 0.416 e. The highest BCUT2D eigenvalue weighted by Gasteiger charge is 2.30. The first kappa shape index (κ1) is 19.8. The van der Waals surface area contributed by atoms with Crippen LogP contribution in [0.5, 0.6) is 0 Å². The number of primary amides is 1. The number of hydrogen-bond acceptors (Lipinski definition) is 2. The van der Waals surface area contributed by atoms with Crippen LogP contribution in [0, 0.1) is 0 Å². The van der Waals surface area contributed by atoms with Gasteiger partial charge in [-0.05, 0) is 29.3 Å². The minimum atomic E-state index is -4.49. The minimum absolute atomic E-state index is 0.154. The number of amides is 2. The molecule has 1 atom stereocenters. The molecule has 0 unspecified atom stereocenters. The molecular formula is C18H16ClF3N2O2. The van der Waals surface area contributed by atoms with Gasteiger partial charge in [0.05, 0.1) is 12.0 Å². The maximum atomic E-state index is 12.7. The quantitative estimate of drug-likeness (QED) is 0.803. The molecule has 3 N–H and O–H groups in total. The lowest BCUT2D eigenvalue weighted by atomic mass is 10.0. The van der Waals surface area contributed by atoms with E-state index in [9.17, 15) is 22.8 Å². The first-order valence-electron chi connectivity index (χ1n) is 7.64. The summed E-state index contributed by atoms with van der Waals surface area (Å²) in [6.07, 6.45) is -4.63. The van der Waals surface area contributed by atoms with Crippen LogP contribution < -0.4 is 11.1 Å². The fraction of sp³-hybridized carbons (Fsp3) is 0.222. The summed E-state index contributed by atoms with van der Waals surface area (Å²) in [6, 6.07) is 10.1. The predicted octanol–water partition coefficient (Wildman–Crippen LogP) is 3.11. The first-order valence-corrected chi connectivity index (χ1v) is 8.02. The summed E-state index contributed by atoms with van der Waals surface area (Å²) in [7, 11) is 0. The van der Waals surface area contributed by atoms with E-state index in [1.807, 2.05) is 0 Å². The highest BCUT2D eigenvalue weighted by atomic mass is 35.5. The third kappa shape index (κ3) is 5.77. The van der Waals surface area contributed by atoms with Gasteiger partial charge in [0.15, 0.2) is 0 Å². The van der Waals surface area contributed by atoms with Crippen LogP contribution in [0.4, 0.5) is 13.2 Å². The fourth-order valence-corrected chi connectivity index (χ4v) is 2.49. The third-order valence-corrected chi connectivity index (χ3v) is 3.90. The molecule has 0 saturated heterocycles. The monoisotopic (exact) mass is 384 g/mol. The Morgan fingerprint density at radius 2 is 1.73 bits per heavy atom. The van der Waals surface area contributed by atoms with Gasteiger partial charge >= 0.3 is 6.18 Å². The smallest absolute Gasteiger partial charge is 0.368 e. The van der Waals surface area contributed by atoms with E-state index in [-0.39, 0.29) is 18.4 Å². The Bertz CT molecular complexity index is 792. The van der Waals surface area contributed by atoms with Crippen molar-refractivity contribution in [2.45, 2.75) is 25.1 Å². The summed E-state index contributed by atoms with van der Waals surface area (Å²) in [6.45, 7) is 0. The summed E-state index contributed by atoms with van der Waals surface area (Å²) in [4.78, 5) is 23.7. The van der Waals surface area contributed by atoms with Gasteiger partial charge in [-0.3, -0.25) is 9.59 Å². The summed E-state index contributed by atoms with van der Waals surface area (Å²) in [5.74, 6) is -1.33. The molecule has 8 heteroatoms.